The zero-order valence-electron chi connectivity index (χ0n) is 14.8. The predicted octanol–water partition coefficient (Wildman–Crippen LogP) is 4.15. The molecule has 25 heavy (non-hydrogen) atoms. The van der Waals surface area contributed by atoms with E-state index in [1.807, 2.05) is 38.2 Å². The highest BCUT2D eigenvalue weighted by Crippen LogP contribution is 2.30. The Morgan fingerprint density at radius 3 is 2.32 bits per heavy atom. The highest BCUT2D eigenvalue weighted by Gasteiger charge is 2.17. The first kappa shape index (κ1) is 16.9. The Kier molecular flexibility index (Phi) is 4.40. The molecule has 1 aromatic heterocycles. The summed E-state index contributed by atoms with van der Waals surface area (Å²) < 4.78 is 0. The van der Waals surface area contributed by atoms with Crippen molar-refractivity contribution in [1.29, 1.82) is 0 Å². The SMILES string of the molecule is Cc1ccc(-c2nc3ccc(C(=O)O)cc3nc2N(C)C(C)C)cc1. The van der Waals surface area contributed by atoms with Crippen LogP contribution in [0.3, 0.4) is 0 Å². The number of rotatable bonds is 4. The number of aromatic carboxylic acids is 1. The van der Waals surface area contributed by atoms with Crippen molar-refractivity contribution in [2.24, 2.45) is 0 Å². The summed E-state index contributed by atoms with van der Waals surface area (Å²) in [5, 5.41) is 9.21. The standard InChI is InChI=1S/C20H21N3O2/c1-12(2)23(4)19-18(14-7-5-13(3)6-8-14)21-16-10-9-15(20(24)25)11-17(16)22-19/h5-12H,1-4H3,(H,24,25). The Balaban J connectivity index is 2.26. The van der Waals surface area contributed by atoms with Crippen molar-refractivity contribution in [3.8, 4) is 11.3 Å². The van der Waals surface area contributed by atoms with Crippen LogP contribution in [0.5, 0.6) is 0 Å². The molecule has 3 rings (SSSR count). The number of anilines is 1. The van der Waals surface area contributed by atoms with Crippen molar-refractivity contribution in [3.05, 3.63) is 53.6 Å². The number of aryl methyl sites for hydroxylation is 1. The monoisotopic (exact) mass is 335 g/mol. The van der Waals surface area contributed by atoms with Crippen LogP contribution in [-0.2, 0) is 0 Å². The number of benzene rings is 2. The van der Waals surface area contributed by atoms with E-state index in [1.54, 1.807) is 18.2 Å². The molecule has 5 heteroatoms. The molecule has 0 aliphatic rings. The smallest absolute Gasteiger partial charge is 0.335 e. The predicted molar refractivity (Wildman–Crippen MR) is 100 cm³/mol. The van der Waals surface area contributed by atoms with E-state index in [4.69, 9.17) is 9.97 Å². The zero-order chi connectivity index (χ0) is 18.1. The van der Waals surface area contributed by atoms with Gasteiger partial charge in [-0.25, -0.2) is 14.8 Å². The second-order valence-electron chi connectivity index (χ2n) is 6.48. The van der Waals surface area contributed by atoms with Gasteiger partial charge < -0.3 is 10.0 Å². The Morgan fingerprint density at radius 2 is 1.72 bits per heavy atom. The molecule has 0 radical (unpaired) electrons. The molecule has 0 atom stereocenters. The maximum atomic E-state index is 11.2. The van der Waals surface area contributed by atoms with E-state index in [-0.39, 0.29) is 11.6 Å². The number of carboxylic acid groups (broad SMARTS) is 1. The fourth-order valence-electron chi connectivity index (χ4n) is 2.57. The van der Waals surface area contributed by atoms with E-state index in [0.29, 0.717) is 11.0 Å². The largest absolute Gasteiger partial charge is 0.478 e. The molecule has 0 saturated carbocycles. The lowest BCUT2D eigenvalue weighted by Gasteiger charge is -2.25. The van der Waals surface area contributed by atoms with Gasteiger partial charge in [-0.2, -0.15) is 0 Å². The molecule has 128 valence electrons. The lowest BCUT2D eigenvalue weighted by atomic mass is 10.1. The van der Waals surface area contributed by atoms with Crippen molar-refractivity contribution < 1.29 is 9.90 Å². The molecule has 0 bridgehead atoms. The number of hydrogen-bond acceptors (Lipinski definition) is 4. The van der Waals surface area contributed by atoms with Crippen LogP contribution in [0.1, 0.15) is 29.8 Å². The quantitative estimate of drug-likeness (QED) is 0.776. The van der Waals surface area contributed by atoms with Crippen molar-refractivity contribution in [1.82, 2.24) is 9.97 Å². The van der Waals surface area contributed by atoms with Gasteiger partial charge in [0.25, 0.3) is 0 Å². The first-order chi connectivity index (χ1) is 11.9. The molecular weight excluding hydrogens is 314 g/mol. The first-order valence-corrected chi connectivity index (χ1v) is 8.22. The number of carbonyl (C=O) groups is 1. The number of hydrogen-bond donors (Lipinski definition) is 1. The summed E-state index contributed by atoms with van der Waals surface area (Å²) in [6, 6.07) is 13.2. The fraction of sp³-hybridized carbons (Fsp3) is 0.250. The van der Waals surface area contributed by atoms with Gasteiger partial charge in [0, 0.05) is 18.7 Å². The number of nitrogens with zero attached hydrogens (tertiary/aromatic N) is 3. The molecule has 5 nitrogen and oxygen atoms in total. The highest BCUT2D eigenvalue weighted by atomic mass is 16.4. The molecule has 0 spiro atoms. The first-order valence-electron chi connectivity index (χ1n) is 8.22. The van der Waals surface area contributed by atoms with Crippen molar-refractivity contribution in [2.75, 3.05) is 11.9 Å². The molecule has 0 saturated heterocycles. The van der Waals surface area contributed by atoms with Gasteiger partial charge in [-0.05, 0) is 39.0 Å². The maximum absolute atomic E-state index is 11.2. The summed E-state index contributed by atoms with van der Waals surface area (Å²) in [5.41, 5.74) is 4.45. The molecule has 2 aromatic carbocycles. The summed E-state index contributed by atoms with van der Waals surface area (Å²) in [6.45, 7) is 6.21. The summed E-state index contributed by atoms with van der Waals surface area (Å²) in [5.74, 6) is -0.223. The van der Waals surface area contributed by atoms with E-state index in [0.717, 1.165) is 17.1 Å². The van der Waals surface area contributed by atoms with E-state index in [9.17, 15) is 9.90 Å². The molecule has 0 amide bonds. The molecule has 0 fully saturated rings. The van der Waals surface area contributed by atoms with Crippen LogP contribution < -0.4 is 4.90 Å². The lowest BCUT2D eigenvalue weighted by Crippen LogP contribution is -2.27. The van der Waals surface area contributed by atoms with Crippen LogP contribution in [0.25, 0.3) is 22.3 Å². The normalized spacial score (nSPS) is 11.1. The molecular formula is C20H21N3O2. The Morgan fingerprint density at radius 1 is 1.04 bits per heavy atom. The third kappa shape index (κ3) is 3.31. The van der Waals surface area contributed by atoms with E-state index >= 15 is 0 Å². The summed E-state index contributed by atoms with van der Waals surface area (Å²) in [7, 11) is 1.97. The van der Waals surface area contributed by atoms with Gasteiger partial charge in [0.1, 0.15) is 5.69 Å². The van der Waals surface area contributed by atoms with Crippen LogP contribution in [0.2, 0.25) is 0 Å². The molecule has 0 unspecified atom stereocenters. The maximum Gasteiger partial charge on any atom is 0.335 e. The average molecular weight is 335 g/mol. The number of aromatic nitrogens is 2. The van der Waals surface area contributed by atoms with E-state index < -0.39 is 5.97 Å². The highest BCUT2D eigenvalue weighted by molar-refractivity contribution is 5.93. The van der Waals surface area contributed by atoms with E-state index in [1.165, 1.54) is 5.56 Å². The van der Waals surface area contributed by atoms with Crippen LogP contribution in [-0.4, -0.2) is 34.1 Å². The van der Waals surface area contributed by atoms with Crippen LogP contribution in [0, 0.1) is 6.92 Å². The average Bonchev–Trinajstić information content (AvgIpc) is 2.60. The van der Waals surface area contributed by atoms with Crippen LogP contribution in [0.4, 0.5) is 5.82 Å². The third-order valence-electron chi connectivity index (χ3n) is 4.33. The van der Waals surface area contributed by atoms with E-state index in [2.05, 4.69) is 18.7 Å². The minimum absolute atomic E-state index is 0.211. The summed E-state index contributed by atoms with van der Waals surface area (Å²) in [6.07, 6.45) is 0. The molecule has 0 aliphatic carbocycles. The molecule has 1 N–H and O–H groups in total. The van der Waals surface area contributed by atoms with Crippen LogP contribution in [0.15, 0.2) is 42.5 Å². The van der Waals surface area contributed by atoms with Crippen LogP contribution >= 0.6 is 0 Å². The van der Waals surface area contributed by atoms with Gasteiger partial charge in [0.15, 0.2) is 5.82 Å². The summed E-state index contributed by atoms with van der Waals surface area (Å²) in [4.78, 5) is 22.8. The second kappa shape index (κ2) is 6.51. The lowest BCUT2D eigenvalue weighted by molar-refractivity contribution is 0.0697. The summed E-state index contributed by atoms with van der Waals surface area (Å²) >= 11 is 0. The van der Waals surface area contributed by atoms with Crippen molar-refractivity contribution in [3.63, 3.8) is 0 Å². The second-order valence-corrected chi connectivity index (χ2v) is 6.48. The fourth-order valence-corrected chi connectivity index (χ4v) is 2.57. The minimum Gasteiger partial charge on any atom is -0.478 e. The molecule has 3 aromatic rings. The Labute approximate surface area is 147 Å². The van der Waals surface area contributed by atoms with Crippen molar-refractivity contribution >= 4 is 22.8 Å². The topological polar surface area (TPSA) is 66.3 Å². The minimum atomic E-state index is -0.968. The number of fused-ring (bicyclic) bond motifs is 1. The molecule has 1 heterocycles. The van der Waals surface area contributed by atoms with Gasteiger partial charge in [0.05, 0.1) is 16.6 Å². The van der Waals surface area contributed by atoms with Gasteiger partial charge in [-0.3, -0.25) is 0 Å². The molecule has 0 aliphatic heterocycles. The van der Waals surface area contributed by atoms with Crippen molar-refractivity contribution in [2.45, 2.75) is 26.8 Å². The Bertz CT molecular complexity index is 934. The van der Waals surface area contributed by atoms with Gasteiger partial charge in [-0.15, -0.1) is 0 Å². The zero-order valence-corrected chi connectivity index (χ0v) is 14.8. The Hall–Kier alpha value is -2.95. The van der Waals surface area contributed by atoms with Gasteiger partial charge in [0.2, 0.25) is 0 Å². The third-order valence-corrected chi connectivity index (χ3v) is 4.33. The van der Waals surface area contributed by atoms with Gasteiger partial charge in [-0.1, -0.05) is 29.8 Å². The number of carboxylic acids is 1. The van der Waals surface area contributed by atoms with Gasteiger partial charge >= 0.3 is 5.97 Å².